The lowest BCUT2D eigenvalue weighted by molar-refractivity contribution is -0.115. The van der Waals surface area contributed by atoms with Crippen molar-refractivity contribution >= 4 is 23.2 Å². The Bertz CT molecular complexity index is 749. The summed E-state index contributed by atoms with van der Waals surface area (Å²) in [5.41, 5.74) is 1.27. The number of aliphatic hydroxyl groups excluding tert-OH is 1. The Morgan fingerprint density at radius 1 is 1.24 bits per heavy atom. The van der Waals surface area contributed by atoms with E-state index < -0.39 is 17.7 Å². The summed E-state index contributed by atoms with van der Waals surface area (Å²) >= 11 is 6.07. The van der Waals surface area contributed by atoms with Crippen molar-refractivity contribution in [2.24, 2.45) is 0 Å². The minimum absolute atomic E-state index is 0.165. The van der Waals surface area contributed by atoms with E-state index in [-0.39, 0.29) is 28.5 Å². The molecule has 2 aromatic carbocycles. The topological polar surface area (TPSA) is 49.3 Å². The Morgan fingerprint density at radius 2 is 2.00 bits per heavy atom. The van der Waals surface area contributed by atoms with Crippen molar-refractivity contribution in [1.82, 2.24) is 0 Å². The van der Waals surface area contributed by atoms with Crippen LogP contribution in [-0.4, -0.2) is 11.0 Å². The minimum Gasteiger partial charge on any atom is -0.383 e. The molecule has 1 aliphatic heterocycles. The van der Waals surface area contributed by atoms with Crippen LogP contribution >= 0.6 is 11.6 Å². The van der Waals surface area contributed by atoms with Crippen LogP contribution in [0, 0.1) is 11.6 Å². The molecule has 1 heterocycles. The van der Waals surface area contributed by atoms with Gasteiger partial charge in [-0.15, -0.1) is 0 Å². The molecule has 2 N–H and O–H groups in total. The first kappa shape index (κ1) is 14.0. The van der Waals surface area contributed by atoms with Crippen molar-refractivity contribution in [2.45, 2.75) is 12.5 Å². The van der Waals surface area contributed by atoms with Gasteiger partial charge in [0, 0.05) is 21.8 Å². The monoisotopic (exact) mass is 309 g/mol. The van der Waals surface area contributed by atoms with Crippen molar-refractivity contribution in [3.05, 3.63) is 63.7 Å². The van der Waals surface area contributed by atoms with Crippen LogP contribution in [0.5, 0.6) is 0 Å². The van der Waals surface area contributed by atoms with Crippen molar-refractivity contribution in [3.63, 3.8) is 0 Å². The molecular weight excluding hydrogens is 300 g/mol. The van der Waals surface area contributed by atoms with Crippen molar-refractivity contribution < 1.29 is 18.7 Å². The van der Waals surface area contributed by atoms with Gasteiger partial charge in [0.25, 0.3) is 0 Å². The fourth-order valence-electron chi connectivity index (χ4n) is 2.38. The molecule has 0 aliphatic carbocycles. The second-order valence-corrected chi connectivity index (χ2v) is 5.21. The number of anilines is 1. The molecule has 0 radical (unpaired) electrons. The average Bonchev–Trinajstić information content (AvgIpc) is 2.79. The minimum atomic E-state index is -1.41. The zero-order chi connectivity index (χ0) is 15.1. The van der Waals surface area contributed by atoms with E-state index >= 15 is 0 Å². The molecule has 108 valence electrons. The van der Waals surface area contributed by atoms with E-state index in [4.69, 9.17) is 11.6 Å². The Morgan fingerprint density at radius 3 is 2.76 bits per heavy atom. The molecule has 0 spiro atoms. The number of nitrogens with one attached hydrogen (secondary N) is 1. The van der Waals surface area contributed by atoms with E-state index in [1.54, 1.807) is 0 Å². The summed E-state index contributed by atoms with van der Waals surface area (Å²) in [6, 6.07) is 6.60. The van der Waals surface area contributed by atoms with E-state index in [1.165, 1.54) is 24.3 Å². The third kappa shape index (κ3) is 2.39. The standard InChI is InChI=1S/C15H10ClF2NO2/c16-10-6-12-7(5-13(20)19-12)4-9(10)15(21)8-2-1-3-11(17)14(8)18/h1-4,6,15,21H,5H2,(H,19,20). The van der Waals surface area contributed by atoms with Crippen LogP contribution in [-0.2, 0) is 11.2 Å². The number of amides is 1. The third-order valence-corrected chi connectivity index (χ3v) is 3.75. The highest BCUT2D eigenvalue weighted by Crippen LogP contribution is 2.36. The number of carbonyl (C=O) groups is 1. The van der Waals surface area contributed by atoms with Crippen LogP contribution in [0.1, 0.15) is 22.8 Å². The Labute approximate surface area is 124 Å². The highest BCUT2D eigenvalue weighted by molar-refractivity contribution is 6.32. The van der Waals surface area contributed by atoms with Crippen LogP contribution < -0.4 is 5.32 Å². The molecule has 0 aromatic heterocycles. The van der Waals surface area contributed by atoms with E-state index in [0.29, 0.717) is 11.3 Å². The van der Waals surface area contributed by atoms with E-state index in [2.05, 4.69) is 5.32 Å². The predicted molar refractivity (Wildman–Crippen MR) is 74.2 cm³/mol. The van der Waals surface area contributed by atoms with E-state index in [1.807, 2.05) is 0 Å². The summed E-state index contributed by atoms with van der Waals surface area (Å²) in [6.07, 6.45) is -1.24. The maximum Gasteiger partial charge on any atom is 0.228 e. The number of hydrogen-bond acceptors (Lipinski definition) is 2. The molecule has 2 aromatic rings. The highest BCUT2D eigenvalue weighted by Gasteiger charge is 2.24. The van der Waals surface area contributed by atoms with Gasteiger partial charge in [-0.25, -0.2) is 8.78 Å². The first-order valence-electron chi connectivity index (χ1n) is 6.21. The van der Waals surface area contributed by atoms with Crippen LogP contribution in [0.2, 0.25) is 5.02 Å². The number of aliphatic hydroxyl groups is 1. The van der Waals surface area contributed by atoms with Gasteiger partial charge >= 0.3 is 0 Å². The fourth-order valence-corrected chi connectivity index (χ4v) is 2.64. The van der Waals surface area contributed by atoms with E-state index in [0.717, 1.165) is 6.07 Å². The Hall–Kier alpha value is -1.98. The van der Waals surface area contributed by atoms with Crippen molar-refractivity contribution in [2.75, 3.05) is 5.32 Å². The lowest BCUT2D eigenvalue weighted by Crippen LogP contribution is -2.05. The maximum absolute atomic E-state index is 13.8. The lowest BCUT2D eigenvalue weighted by Gasteiger charge is -2.15. The van der Waals surface area contributed by atoms with Crippen molar-refractivity contribution in [1.29, 1.82) is 0 Å². The number of halogens is 3. The van der Waals surface area contributed by atoms with E-state index in [9.17, 15) is 18.7 Å². The van der Waals surface area contributed by atoms with Gasteiger partial charge in [0.1, 0.15) is 6.10 Å². The molecule has 0 bridgehead atoms. The van der Waals surface area contributed by atoms with Gasteiger partial charge in [0.15, 0.2) is 11.6 Å². The summed E-state index contributed by atoms with van der Waals surface area (Å²) in [6.45, 7) is 0. The second kappa shape index (κ2) is 5.09. The van der Waals surface area contributed by atoms with Gasteiger partial charge in [0.05, 0.1) is 6.42 Å². The molecule has 1 atom stereocenters. The molecule has 21 heavy (non-hydrogen) atoms. The number of fused-ring (bicyclic) bond motifs is 1. The summed E-state index contributed by atoms with van der Waals surface area (Å²) in [5, 5.41) is 13.1. The summed E-state index contributed by atoms with van der Waals surface area (Å²) in [4.78, 5) is 11.3. The third-order valence-electron chi connectivity index (χ3n) is 3.42. The van der Waals surface area contributed by atoms with Gasteiger partial charge < -0.3 is 10.4 Å². The molecule has 1 unspecified atom stereocenters. The number of benzene rings is 2. The van der Waals surface area contributed by atoms with Crippen LogP contribution in [0.25, 0.3) is 0 Å². The zero-order valence-corrected chi connectivity index (χ0v) is 11.4. The molecule has 0 saturated carbocycles. The first-order chi connectivity index (χ1) is 9.97. The highest BCUT2D eigenvalue weighted by atomic mass is 35.5. The Balaban J connectivity index is 2.06. The van der Waals surface area contributed by atoms with Gasteiger partial charge in [-0.05, 0) is 23.8 Å². The quantitative estimate of drug-likeness (QED) is 0.895. The summed E-state index contributed by atoms with van der Waals surface area (Å²) in [7, 11) is 0. The van der Waals surface area contributed by atoms with Gasteiger partial charge in [0.2, 0.25) is 5.91 Å². The molecule has 1 amide bonds. The van der Waals surface area contributed by atoms with Gasteiger partial charge in [-0.3, -0.25) is 4.79 Å². The van der Waals surface area contributed by atoms with Crippen molar-refractivity contribution in [3.8, 4) is 0 Å². The van der Waals surface area contributed by atoms with Crippen LogP contribution in [0.15, 0.2) is 30.3 Å². The van der Waals surface area contributed by atoms with Crippen LogP contribution in [0.3, 0.4) is 0 Å². The van der Waals surface area contributed by atoms with Gasteiger partial charge in [-0.1, -0.05) is 23.7 Å². The molecule has 0 saturated heterocycles. The summed E-state index contributed by atoms with van der Waals surface area (Å²) < 4.78 is 27.0. The Kier molecular flexibility index (Phi) is 3.39. The fraction of sp³-hybridized carbons (Fsp3) is 0.133. The molecule has 0 fully saturated rings. The lowest BCUT2D eigenvalue weighted by atomic mass is 9.98. The molecular formula is C15H10ClF2NO2. The van der Waals surface area contributed by atoms with Crippen LogP contribution in [0.4, 0.5) is 14.5 Å². The molecule has 3 nitrogen and oxygen atoms in total. The molecule has 6 heteroatoms. The first-order valence-corrected chi connectivity index (χ1v) is 6.59. The smallest absolute Gasteiger partial charge is 0.228 e. The maximum atomic E-state index is 13.8. The molecule has 3 rings (SSSR count). The van der Waals surface area contributed by atoms with Gasteiger partial charge in [-0.2, -0.15) is 0 Å². The largest absolute Gasteiger partial charge is 0.383 e. The normalized spacial score (nSPS) is 14.8. The zero-order valence-electron chi connectivity index (χ0n) is 10.7. The number of hydrogen-bond donors (Lipinski definition) is 2. The second-order valence-electron chi connectivity index (χ2n) is 4.80. The molecule has 1 aliphatic rings. The predicted octanol–water partition coefficient (Wildman–Crippen LogP) is 3.19. The SMILES string of the molecule is O=C1Cc2cc(C(O)c3cccc(F)c3F)c(Cl)cc2N1. The number of rotatable bonds is 2. The summed E-state index contributed by atoms with van der Waals surface area (Å²) in [5.74, 6) is -2.33. The average molecular weight is 310 g/mol. The number of carbonyl (C=O) groups excluding carboxylic acids is 1.